The van der Waals surface area contributed by atoms with Crippen LogP contribution < -0.4 is 15.5 Å². The zero-order valence-electron chi connectivity index (χ0n) is 16.4. The molecule has 0 heterocycles. The van der Waals surface area contributed by atoms with Crippen LogP contribution in [0, 0.1) is 17.5 Å². The molecule has 160 valence electrons. The van der Waals surface area contributed by atoms with Gasteiger partial charge in [0.1, 0.15) is 17.5 Å². The Morgan fingerprint density at radius 1 is 0.806 bits per heavy atom. The molecule has 3 aromatic carbocycles. The Kier molecular flexibility index (Phi) is 7.26. The molecule has 0 fully saturated rings. The van der Waals surface area contributed by atoms with Gasteiger partial charge in [0.15, 0.2) is 0 Å². The third-order valence-electron chi connectivity index (χ3n) is 4.44. The predicted octanol–water partition coefficient (Wildman–Crippen LogP) is 4.96. The van der Waals surface area contributed by atoms with E-state index in [9.17, 15) is 22.8 Å². The minimum Gasteiger partial charge on any atom is -0.338 e. The van der Waals surface area contributed by atoms with E-state index in [4.69, 9.17) is 0 Å². The smallest absolute Gasteiger partial charge is 0.319 e. The molecule has 0 unspecified atom stereocenters. The SMILES string of the molecule is O=C(NCCCN(C(=O)c1ccc(F)cc1)c1ccc(F)cc1)Nc1ccccc1F. The first-order valence-corrected chi connectivity index (χ1v) is 9.56. The molecule has 0 atom stereocenters. The molecule has 31 heavy (non-hydrogen) atoms. The summed E-state index contributed by atoms with van der Waals surface area (Å²) >= 11 is 0. The van der Waals surface area contributed by atoms with Gasteiger partial charge in [0, 0.05) is 24.3 Å². The molecule has 8 heteroatoms. The van der Waals surface area contributed by atoms with Crippen molar-refractivity contribution in [2.24, 2.45) is 0 Å². The topological polar surface area (TPSA) is 61.4 Å². The highest BCUT2D eigenvalue weighted by Crippen LogP contribution is 2.19. The van der Waals surface area contributed by atoms with Gasteiger partial charge in [-0.05, 0) is 67.1 Å². The van der Waals surface area contributed by atoms with Crippen LogP contribution in [0.5, 0.6) is 0 Å². The van der Waals surface area contributed by atoms with E-state index in [1.807, 2.05) is 0 Å². The van der Waals surface area contributed by atoms with Gasteiger partial charge in [-0.2, -0.15) is 0 Å². The van der Waals surface area contributed by atoms with Crippen molar-refractivity contribution in [3.63, 3.8) is 0 Å². The van der Waals surface area contributed by atoms with Gasteiger partial charge in [-0.1, -0.05) is 12.1 Å². The van der Waals surface area contributed by atoms with Gasteiger partial charge in [0.25, 0.3) is 5.91 Å². The van der Waals surface area contributed by atoms with Crippen molar-refractivity contribution in [1.82, 2.24) is 5.32 Å². The van der Waals surface area contributed by atoms with Gasteiger partial charge in [0.2, 0.25) is 0 Å². The lowest BCUT2D eigenvalue weighted by molar-refractivity contribution is 0.0986. The number of rotatable bonds is 7. The van der Waals surface area contributed by atoms with E-state index in [1.165, 1.54) is 71.6 Å². The maximum Gasteiger partial charge on any atom is 0.319 e. The molecule has 0 aliphatic carbocycles. The molecular formula is C23H20F3N3O2. The average molecular weight is 427 g/mol. The molecule has 0 aromatic heterocycles. The standard InChI is InChI=1S/C23H20F3N3O2/c24-17-8-6-16(7-9-17)22(30)29(19-12-10-18(25)11-13-19)15-3-14-27-23(31)28-21-5-2-1-4-20(21)26/h1-2,4-13H,3,14-15H2,(H2,27,28,31). The number of nitrogens with one attached hydrogen (secondary N) is 2. The molecule has 0 bridgehead atoms. The number of carbonyl (C=O) groups excluding carboxylic acids is 2. The van der Waals surface area contributed by atoms with E-state index in [-0.39, 0.29) is 30.2 Å². The number of urea groups is 1. The van der Waals surface area contributed by atoms with Gasteiger partial charge in [-0.25, -0.2) is 18.0 Å². The van der Waals surface area contributed by atoms with Crippen molar-refractivity contribution in [2.75, 3.05) is 23.3 Å². The summed E-state index contributed by atoms with van der Waals surface area (Å²) in [6.07, 6.45) is 0.370. The number of para-hydroxylation sites is 1. The zero-order valence-corrected chi connectivity index (χ0v) is 16.4. The van der Waals surface area contributed by atoms with Crippen LogP contribution in [0.2, 0.25) is 0 Å². The number of carbonyl (C=O) groups is 2. The fourth-order valence-corrected chi connectivity index (χ4v) is 2.89. The molecule has 0 aliphatic rings. The minimum atomic E-state index is -0.580. The number of amides is 3. The van der Waals surface area contributed by atoms with Crippen LogP contribution >= 0.6 is 0 Å². The van der Waals surface area contributed by atoms with Crippen molar-refractivity contribution < 1.29 is 22.8 Å². The Morgan fingerprint density at radius 3 is 2.06 bits per heavy atom. The fraction of sp³-hybridized carbons (Fsp3) is 0.130. The summed E-state index contributed by atoms with van der Waals surface area (Å²) in [6, 6.07) is 15.7. The van der Waals surface area contributed by atoms with Crippen LogP contribution in [0.15, 0.2) is 72.8 Å². The lowest BCUT2D eigenvalue weighted by atomic mass is 10.1. The van der Waals surface area contributed by atoms with Crippen LogP contribution in [0.25, 0.3) is 0 Å². The van der Waals surface area contributed by atoms with Crippen LogP contribution in [-0.2, 0) is 0 Å². The van der Waals surface area contributed by atoms with Crippen molar-refractivity contribution >= 4 is 23.3 Å². The molecule has 2 N–H and O–H groups in total. The first kappa shape index (κ1) is 21.9. The summed E-state index contributed by atoms with van der Waals surface area (Å²) in [5, 5.41) is 5.00. The van der Waals surface area contributed by atoms with Gasteiger partial charge >= 0.3 is 6.03 Å². The van der Waals surface area contributed by atoms with Gasteiger partial charge in [0.05, 0.1) is 5.69 Å². The second kappa shape index (κ2) is 10.3. The maximum atomic E-state index is 13.6. The second-order valence-electron chi connectivity index (χ2n) is 6.65. The first-order valence-electron chi connectivity index (χ1n) is 9.56. The van der Waals surface area contributed by atoms with Crippen LogP contribution in [0.1, 0.15) is 16.8 Å². The summed E-state index contributed by atoms with van der Waals surface area (Å²) in [5.41, 5.74) is 0.793. The molecule has 0 saturated carbocycles. The largest absolute Gasteiger partial charge is 0.338 e. The van der Waals surface area contributed by atoms with Crippen molar-refractivity contribution in [2.45, 2.75) is 6.42 Å². The Labute approximate surface area is 177 Å². The lowest BCUT2D eigenvalue weighted by Crippen LogP contribution is -2.35. The average Bonchev–Trinajstić information content (AvgIpc) is 2.76. The number of benzene rings is 3. The van der Waals surface area contributed by atoms with E-state index in [0.29, 0.717) is 12.1 Å². The molecule has 3 aromatic rings. The maximum absolute atomic E-state index is 13.6. The highest BCUT2D eigenvalue weighted by Gasteiger charge is 2.18. The summed E-state index contributed by atoms with van der Waals surface area (Å²) in [5.74, 6) is -1.84. The summed E-state index contributed by atoms with van der Waals surface area (Å²) in [7, 11) is 0. The van der Waals surface area contributed by atoms with Crippen LogP contribution in [0.3, 0.4) is 0 Å². The second-order valence-corrected chi connectivity index (χ2v) is 6.65. The van der Waals surface area contributed by atoms with E-state index >= 15 is 0 Å². The molecule has 0 saturated heterocycles. The number of nitrogens with zero attached hydrogens (tertiary/aromatic N) is 1. The van der Waals surface area contributed by atoms with Crippen molar-refractivity contribution in [3.8, 4) is 0 Å². The van der Waals surface area contributed by atoms with Gasteiger partial charge in [-0.15, -0.1) is 0 Å². The molecule has 5 nitrogen and oxygen atoms in total. The zero-order chi connectivity index (χ0) is 22.2. The molecular weight excluding hydrogens is 407 g/mol. The fourth-order valence-electron chi connectivity index (χ4n) is 2.89. The number of halogens is 3. The summed E-state index contributed by atoms with van der Waals surface area (Å²) in [6.45, 7) is 0.413. The highest BCUT2D eigenvalue weighted by atomic mass is 19.1. The summed E-state index contributed by atoms with van der Waals surface area (Å²) in [4.78, 5) is 26.3. The molecule has 0 aliphatic heterocycles. The predicted molar refractivity (Wildman–Crippen MR) is 113 cm³/mol. The van der Waals surface area contributed by atoms with Gasteiger partial charge in [-0.3, -0.25) is 4.79 Å². The molecule has 3 amide bonds. The number of hydrogen-bond donors (Lipinski definition) is 2. The van der Waals surface area contributed by atoms with Gasteiger partial charge < -0.3 is 15.5 Å². The number of hydrogen-bond acceptors (Lipinski definition) is 2. The quantitative estimate of drug-likeness (QED) is 0.524. The third kappa shape index (κ3) is 6.08. The Hall–Kier alpha value is -3.81. The first-order chi connectivity index (χ1) is 14.9. The van der Waals surface area contributed by atoms with Crippen LogP contribution in [0.4, 0.5) is 29.3 Å². The highest BCUT2D eigenvalue weighted by molar-refractivity contribution is 6.06. The summed E-state index contributed by atoms with van der Waals surface area (Å²) < 4.78 is 40.1. The van der Waals surface area contributed by atoms with Crippen molar-refractivity contribution in [3.05, 3.63) is 95.8 Å². The van der Waals surface area contributed by atoms with Crippen LogP contribution in [-0.4, -0.2) is 25.0 Å². The number of anilines is 2. The van der Waals surface area contributed by atoms with E-state index < -0.39 is 23.5 Å². The van der Waals surface area contributed by atoms with E-state index in [1.54, 1.807) is 6.07 Å². The van der Waals surface area contributed by atoms with E-state index in [2.05, 4.69) is 10.6 Å². The molecule has 0 radical (unpaired) electrons. The Bertz CT molecular complexity index is 1040. The molecule has 3 rings (SSSR count). The molecule has 0 spiro atoms. The minimum absolute atomic E-state index is 0.0550. The van der Waals surface area contributed by atoms with E-state index in [0.717, 1.165) is 0 Å². The van der Waals surface area contributed by atoms with Crippen molar-refractivity contribution in [1.29, 1.82) is 0 Å². The Balaban J connectivity index is 1.61. The Morgan fingerprint density at radius 2 is 1.42 bits per heavy atom. The third-order valence-corrected chi connectivity index (χ3v) is 4.44. The lowest BCUT2D eigenvalue weighted by Gasteiger charge is -2.23. The normalized spacial score (nSPS) is 10.4. The monoisotopic (exact) mass is 427 g/mol.